The highest BCUT2D eigenvalue weighted by Crippen LogP contribution is 2.24. The summed E-state index contributed by atoms with van der Waals surface area (Å²) in [6.07, 6.45) is -1.12. The van der Waals surface area contributed by atoms with E-state index in [0.29, 0.717) is 5.56 Å². The van der Waals surface area contributed by atoms with Crippen molar-refractivity contribution in [2.45, 2.75) is 32.4 Å². The number of aliphatic carboxylic acids is 1. The van der Waals surface area contributed by atoms with Crippen LogP contribution in [0.5, 0.6) is 5.88 Å². The number of benzene rings is 2. The summed E-state index contributed by atoms with van der Waals surface area (Å²) in [4.78, 5) is 24.3. The molecule has 9 heteroatoms. The normalized spacial score (nSPS) is 12.8. The molecule has 1 amide bonds. The van der Waals surface area contributed by atoms with Crippen LogP contribution in [-0.4, -0.2) is 44.6 Å². The minimum absolute atomic E-state index is 0.0619. The molecule has 0 radical (unpaired) electrons. The molecular formula is C23H24FN3O5. The van der Waals surface area contributed by atoms with Gasteiger partial charge in [-0.3, -0.25) is 9.59 Å². The standard InChI is InChI=1S/C23H24FN3O5/c1-14-7-3-4-8-16(14)18(12-22(29)30)25-23(31)19-11-21(32-13-15(2)28)27(26-19)20-10-6-5-9-17(20)24/h3-11,15,18,28H,12-13H2,1-2H3,(H,25,31)(H,29,30)/t15?,18-/m0/s1. The second-order valence-electron chi connectivity index (χ2n) is 7.37. The molecule has 2 atom stereocenters. The summed E-state index contributed by atoms with van der Waals surface area (Å²) >= 11 is 0. The Balaban J connectivity index is 1.94. The molecule has 1 unspecified atom stereocenters. The molecule has 0 saturated carbocycles. The second-order valence-corrected chi connectivity index (χ2v) is 7.37. The topological polar surface area (TPSA) is 114 Å². The van der Waals surface area contributed by atoms with Crippen LogP contribution >= 0.6 is 0 Å². The number of hydrogen-bond acceptors (Lipinski definition) is 5. The summed E-state index contributed by atoms with van der Waals surface area (Å²) in [5.74, 6) is -2.23. The Labute approximate surface area is 184 Å². The molecule has 1 aromatic heterocycles. The first-order chi connectivity index (χ1) is 15.3. The third-order valence-electron chi connectivity index (χ3n) is 4.71. The van der Waals surface area contributed by atoms with Crippen molar-refractivity contribution in [3.8, 4) is 11.6 Å². The number of nitrogens with one attached hydrogen (secondary N) is 1. The SMILES string of the molecule is Cc1ccccc1[C@H](CC(=O)O)NC(=O)c1cc(OCC(C)O)n(-c2ccccc2F)n1. The second kappa shape index (κ2) is 10.1. The molecule has 8 nitrogen and oxygen atoms in total. The molecule has 3 N–H and O–H groups in total. The number of amides is 1. The Morgan fingerprint density at radius 2 is 1.88 bits per heavy atom. The monoisotopic (exact) mass is 441 g/mol. The number of ether oxygens (including phenoxy) is 1. The van der Waals surface area contributed by atoms with Gasteiger partial charge in [-0.05, 0) is 37.1 Å². The smallest absolute Gasteiger partial charge is 0.305 e. The summed E-state index contributed by atoms with van der Waals surface area (Å²) in [5.41, 5.74) is 1.48. The van der Waals surface area contributed by atoms with Crippen molar-refractivity contribution in [2.24, 2.45) is 0 Å². The van der Waals surface area contributed by atoms with Gasteiger partial charge in [0.25, 0.3) is 5.91 Å². The number of carbonyl (C=O) groups excluding carboxylic acids is 1. The maximum Gasteiger partial charge on any atom is 0.305 e. The molecule has 0 aliphatic heterocycles. The average molecular weight is 441 g/mol. The quantitative estimate of drug-likeness (QED) is 0.470. The van der Waals surface area contributed by atoms with Crippen LogP contribution in [-0.2, 0) is 4.79 Å². The van der Waals surface area contributed by atoms with Crippen molar-refractivity contribution in [3.63, 3.8) is 0 Å². The number of aromatic nitrogens is 2. The number of aliphatic hydroxyl groups is 1. The molecule has 0 fully saturated rings. The van der Waals surface area contributed by atoms with Gasteiger partial charge in [-0.15, -0.1) is 0 Å². The molecule has 3 aromatic rings. The summed E-state index contributed by atoms with van der Waals surface area (Å²) < 4.78 is 21.0. The molecule has 0 aliphatic carbocycles. The fourth-order valence-corrected chi connectivity index (χ4v) is 3.20. The van der Waals surface area contributed by atoms with Gasteiger partial charge in [0.2, 0.25) is 5.88 Å². The third-order valence-corrected chi connectivity index (χ3v) is 4.71. The van der Waals surface area contributed by atoms with Gasteiger partial charge in [0.05, 0.1) is 18.6 Å². The van der Waals surface area contributed by atoms with E-state index >= 15 is 0 Å². The highest BCUT2D eigenvalue weighted by molar-refractivity contribution is 5.93. The zero-order chi connectivity index (χ0) is 23.3. The van der Waals surface area contributed by atoms with Crippen molar-refractivity contribution >= 4 is 11.9 Å². The van der Waals surface area contributed by atoms with Gasteiger partial charge in [0, 0.05) is 6.07 Å². The molecule has 0 bridgehead atoms. The highest BCUT2D eigenvalue weighted by Gasteiger charge is 2.24. The lowest BCUT2D eigenvalue weighted by atomic mass is 9.98. The largest absolute Gasteiger partial charge is 0.481 e. The van der Waals surface area contributed by atoms with Crippen LogP contribution in [0.25, 0.3) is 5.69 Å². The fraction of sp³-hybridized carbons (Fsp3) is 0.261. The Morgan fingerprint density at radius 3 is 2.53 bits per heavy atom. The minimum atomic E-state index is -1.07. The van der Waals surface area contributed by atoms with E-state index in [2.05, 4.69) is 10.4 Å². The summed E-state index contributed by atoms with van der Waals surface area (Å²) in [6.45, 7) is 3.26. The Bertz CT molecular complexity index is 1110. The predicted octanol–water partition coefficient (Wildman–Crippen LogP) is 3.03. The molecule has 2 aromatic carbocycles. The van der Waals surface area contributed by atoms with Crippen molar-refractivity contribution < 1.29 is 28.9 Å². The van der Waals surface area contributed by atoms with E-state index in [-0.39, 0.29) is 30.3 Å². The van der Waals surface area contributed by atoms with E-state index < -0.39 is 29.8 Å². The Morgan fingerprint density at radius 1 is 1.19 bits per heavy atom. The number of aryl methyl sites for hydroxylation is 1. The van der Waals surface area contributed by atoms with Crippen molar-refractivity contribution in [3.05, 3.63) is 77.2 Å². The zero-order valence-electron chi connectivity index (χ0n) is 17.7. The van der Waals surface area contributed by atoms with Gasteiger partial charge < -0.3 is 20.3 Å². The number of rotatable bonds is 9. The molecule has 0 spiro atoms. The molecule has 0 saturated heterocycles. The van der Waals surface area contributed by atoms with Crippen LogP contribution in [0.3, 0.4) is 0 Å². The maximum atomic E-state index is 14.4. The van der Waals surface area contributed by atoms with Gasteiger partial charge in [-0.2, -0.15) is 9.78 Å². The van der Waals surface area contributed by atoms with Gasteiger partial charge in [-0.1, -0.05) is 36.4 Å². The van der Waals surface area contributed by atoms with Gasteiger partial charge >= 0.3 is 5.97 Å². The fourth-order valence-electron chi connectivity index (χ4n) is 3.20. The maximum absolute atomic E-state index is 14.4. The number of nitrogens with zero attached hydrogens (tertiary/aromatic N) is 2. The minimum Gasteiger partial charge on any atom is -0.481 e. The van der Waals surface area contributed by atoms with E-state index in [9.17, 15) is 24.2 Å². The molecule has 1 heterocycles. The van der Waals surface area contributed by atoms with E-state index in [1.807, 2.05) is 19.1 Å². The van der Waals surface area contributed by atoms with Crippen LogP contribution in [0.2, 0.25) is 0 Å². The van der Waals surface area contributed by atoms with Crippen molar-refractivity contribution in [2.75, 3.05) is 6.61 Å². The average Bonchev–Trinajstić information content (AvgIpc) is 3.16. The summed E-state index contributed by atoms with van der Waals surface area (Å²) in [7, 11) is 0. The first-order valence-electron chi connectivity index (χ1n) is 10.00. The molecule has 32 heavy (non-hydrogen) atoms. The number of aliphatic hydroxyl groups excluding tert-OH is 1. The van der Waals surface area contributed by atoms with Crippen molar-refractivity contribution in [1.29, 1.82) is 0 Å². The van der Waals surface area contributed by atoms with Crippen LogP contribution < -0.4 is 10.1 Å². The van der Waals surface area contributed by atoms with Crippen LogP contribution in [0, 0.1) is 12.7 Å². The number of para-hydroxylation sites is 1. The molecular weight excluding hydrogens is 417 g/mol. The van der Waals surface area contributed by atoms with E-state index in [1.165, 1.54) is 31.2 Å². The number of carbonyl (C=O) groups is 2. The Kier molecular flexibility index (Phi) is 7.21. The number of halogens is 1. The Hall–Kier alpha value is -3.72. The highest BCUT2D eigenvalue weighted by atomic mass is 19.1. The van der Waals surface area contributed by atoms with Gasteiger partial charge in [0.1, 0.15) is 18.1 Å². The lowest BCUT2D eigenvalue weighted by molar-refractivity contribution is -0.137. The number of hydrogen-bond donors (Lipinski definition) is 3. The van der Waals surface area contributed by atoms with Gasteiger partial charge in [-0.25, -0.2) is 4.39 Å². The van der Waals surface area contributed by atoms with Crippen LogP contribution in [0.1, 0.15) is 41.0 Å². The zero-order valence-corrected chi connectivity index (χ0v) is 17.7. The first-order valence-corrected chi connectivity index (χ1v) is 10.00. The first kappa shape index (κ1) is 23.0. The molecule has 3 rings (SSSR count). The number of carboxylic acid groups (broad SMARTS) is 1. The van der Waals surface area contributed by atoms with Crippen LogP contribution in [0.15, 0.2) is 54.6 Å². The van der Waals surface area contributed by atoms with Crippen molar-refractivity contribution in [1.82, 2.24) is 15.1 Å². The van der Waals surface area contributed by atoms with E-state index in [0.717, 1.165) is 10.2 Å². The van der Waals surface area contributed by atoms with Crippen LogP contribution in [0.4, 0.5) is 4.39 Å². The summed E-state index contributed by atoms with van der Waals surface area (Å²) in [5, 5.41) is 25.7. The molecule has 0 aliphatic rings. The lowest BCUT2D eigenvalue weighted by Crippen LogP contribution is -2.31. The number of carboxylic acids is 1. The van der Waals surface area contributed by atoms with Gasteiger partial charge in [0.15, 0.2) is 5.69 Å². The summed E-state index contributed by atoms with van der Waals surface area (Å²) in [6, 6.07) is 13.5. The van der Waals surface area contributed by atoms with E-state index in [4.69, 9.17) is 4.74 Å². The molecule has 168 valence electrons. The predicted molar refractivity (Wildman–Crippen MR) is 114 cm³/mol. The lowest BCUT2D eigenvalue weighted by Gasteiger charge is -2.18. The third kappa shape index (κ3) is 5.50. The van der Waals surface area contributed by atoms with E-state index in [1.54, 1.807) is 18.2 Å².